The number of benzene rings is 1. The van der Waals surface area contributed by atoms with Crippen LogP contribution >= 0.6 is 11.6 Å². The highest BCUT2D eigenvalue weighted by atomic mass is 35.5. The molecule has 2 bridgehead atoms. The summed E-state index contributed by atoms with van der Waals surface area (Å²) in [4.78, 5) is 24.7. The van der Waals surface area contributed by atoms with Crippen molar-refractivity contribution in [1.82, 2.24) is 4.31 Å². The second-order valence-corrected chi connectivity index (χ2v) is 10.3. The first-order valence-electron chi connectivity index (χ1n) is 9.33. The number of hydrogen-bond acceptors (Lipinski definition) is 5. The molecule has 0 spiro atoms. The van der Waals surface area contributed by atoms with Gasteiger partial charge in [-0.1, -0.05) is 18.0 Å². The molecule has 1 aromatic rings. The summed E-state index contributed by atoms with van der Waals surface area (Å²) in [5.41, 5.74) is 0.262. The Hall–Kier alpha value is -1.64. The Morgan fingerprint density at radius 3 is 2.54 bits per heavy atom. The lowest BCUT2D eigenvalue weighted by molar-refractivity contribution is -0.158. The summed E-state index contributed by atoms with van der Waals surface area (Å²) in [7, 11) is -0.963. The largest absolute Gasteiger partial charge is 0.452 e. The molecule has 28 heavy (non-hydrogen) atoms. The van der Waals surface area contributed by atoms with E-state index in [4.69, 9.17) is 16.3 Å². The summed E-state index contributed by atoms with van der Waals surface area (Å²) in [5.74, 6) is 0.0378. The van der Waals surface area contributed by atoms with Gasteiger partial charge in [0.15, 0.2) is 6.10 Å². The van der Waals surface area contributed by atoms with E-state index in [1.807, 2.05) is 0 Å². The Kier molecular flexibility index (Phi) is 6.03. The van der Waals surface area contributed by atoms with E-state index >= 15 is 0 Å². The van der Waals surface area contributed by atoms with E-state index in [1.54, 1.807) is 0 Å². The third kappa shape index (κ3) is 4.18. The summed E-state index contributed by atoms with van der Waals surface area (Å²) >= 11 is 6.01. The number of hydrogen-bond donors (Lipinski definition) is 1. The number of sulfonamides is 1. The fourth-order valence-corrected chi connectivity index (χ4v) is 5.46. The van der Waals surface area contributed by atoms with Crippen molar-refractivity contribution in [2.24, 2.45) is 17.8 Å². The molecule has 2 aliphatic carbocycles. The topological polar surface area (TPSA) is 92.8 Å². The number of anilines is 1. The van der Waals surface area contributed by atoms with Gasteiger partial charge in [-0.3, -0.25) is 9.59 Å². The van der Waals surface area contributed by atoms with Gasteiger partial charge in [0.2, 0.25) is 10.0 Å². The van der Waals surface area contributed by atoms with Crippen LogP contribution in [0, 0.1) is 17.8 Å². The van der Waals surface area contributed by atoms with E-state index in [0.717, 1.165) is 23.6 Å². The third-order valence-electron chi connectivity index (χ3n) is 5.66. The van der Waals surface area contributed by atoms with Gasteiger partial charge in [0.05, 0.1) is 10.9 Å². The van der Waals surface area contributed by atoms with Crippen LogP contribution in [0.4, 0.5) is 5.69 Å². The van der Waals surface area contributed by atoms with Crippen molar-refractivity contribution in [2.75, 3.05) is 19.4 Å². The quantitative estimate of drug-likeness (QED) is 0.703. The Morgan fingerprint density at radius 1 is 1.25 bits per heavy atom. The molecule has 0 unspecified atom stereocenters. The van der Waals surface area contributed by atoms with Gasteiger partial charge >= 0.3 is 5.97 Å². The number of halogens is 1. The summed E-state index contributed by atoms with van der Waals surface area (Å²) < 4.78 is 31.1. The maximum Gasteiger partial charge on any atom is 0.309 e. The molecular formula is C19H25ClN2O5S. The van der Waals surface area contributed by atoms with Crippen LogP contribution in [0.2, 0.25) is 5.02 Å². The molecular weight excluding hydrogens is 404 g/mol. The van der Waals surface area contributed by atoms with Gasteiger partial charge in [-0.2, -0.15) is 0 Å². The molecule has 7 nitrogen and oxygen atoms in total. The molecule has 3 rings (SSSR count). The first kappa shape index (κ1) is 21.1. The van der Waals surface area contributed by atoms with Crippen LogP contribution in [0.5, 0.6) is 0 Å². The van der Waals surface area contributed by atoms with Gasteiger partial charge in [-0.05, 0) is 56.2 Å². The molecule has 0 aromatic heterocycles. The standard InChI is InChI=1S/C19H25ClN2O5S/c1-11(27-19(24)15-9-12-4-5-13(15)8-12)18(23)21-14-6-7-16(20)17(10-14)28(25,26)22(2)3/h6-7,10-13,15H,4-5,8-9H2,1-3H3,(H,21,23)/t11-,12-,13-,15-/m0/s1. The predicted molar refractivity (Wildman–Crippen MR) is 105 cm³/mol. The number of ether oxygens (including phenoxy) is 1. The van der Waals surface area contributed by atoms with Crippen molar-refractivity contribution in [2.45, 2.75) is 43.6 Å². The molecule has 0 heterocycles. The second-order valence-electron chi connectivity index (χ2n) is 7.78. The summed E-state index contributed by atoms with van der Waals surface area (Å²) in [6, 6.07) is 4.19. The van der Waals surface area contributed by atoms with Gasteiger partial charge in [0, 0.05) is 19.8 Å². The Labute approximate surface area is 170 Å². The maximum atomic E-state index is 12.4. The van der Waals surface area contributed by atoms with E-state index in [0.29, 0.717) is 11.8 Å². The van der Waals surface area contributed by atoms with E-state index in [-0.39, 0.29) is 27.5 Å². The summed E-state index contributed by atoms with van der Waals surface area (Å²) in [6.45, 7) is 1.51. The highest BCUT2D eigenvalue weighted by Crippen LogP contribution is 2.48. The van der Waals surface area contributed by atoms with E-state index in [2.05, 4.69) is 5.32 Å². The molecule has 0 saturated heterocycles. The van der Waals surface area contributed by atoms with E-state index in [1.165, 1.54) is 45.6 Å². The molecule has 0 radical (unpaired) electrons. The van der Waals surface area contributed by atoms with Crippen LogP contribution in [0.15, 0.2) is 23.1 Å². The van der Waals surface area contributed by atoms with Gasteiger partial charge in [0.1, 0.15) is 4.90 Å². The normalized spacial score (nSPS) is 25.0. The van der Waals surface area contributed by atoms with Crippen LogP contribution in [0.3, 0.4) is 0 Å². The van der Waals surface area contributed by atoms with Gasteiger partial charge in [-0.15, -0.1) is 0 Å². The minimum atomic E-state index is -3.76. The zero-order valence-electron chi connectivity index (χ0n) is 16.1. The minimum Gasteiger partial charge on any atom is -0.452 e. The molecule has 2 saturated carbocycles. The monoisotopic (exact) mass is 428 g/mol. The van der Waals surface area contributed by atoms with Crippen molar-refractivity contribution in [3.8, 4) is 0 Å². The molecule has 2 fully saturated rings. The van der Waals surface area contributed by atoms with Crippen molar-refractivity contribution in [3.05, 3.63) is 23.2 Å². The summed E-state index contributed by atoms with van der Waals surface area (Å²) in [5, 5.41) is 2.65. The molecule has 1 N–H and O–H groups in total. The fourth-order valence-electron chi connectivity index (χ4n) is 4.07. The van der Waals surface area contributed by atoms with Crippen molar-refractivity contribution < 1.29 is 22.7 Å². The van der Waals surface area contributed by atoms with Crippen molar-refractivity contribution in [1.29, 1.82) is 0 Å². The zero-order valence-corrected chi connectivity index (χ0v) is 17.7. The van der Waals surface area contributed by atoms with Gasteiger partial charge < -0.3 is 10.1 Å². The molecule has 0 aliphatic heterocycles. The first-order valence-corrected chi connectivity index (χ1v) is 11.1. The van der Waals surface area contributed by atoms with E-state index in [9.17, 15) is 18.0 Å². The molecule has 1 aromatic carbocycles. The Morgan fingerprint density at radius 2 is 1.96 bits per heavy atom. The highest BCUT2D eigenvalue weighted by Gasteiger charge is 2.44. The number of amides is 1. The lowest BCUT2D eigenvalue weighted by Crippen LogP contribution is -2.33. The van der Waals surface area contributed by atoms with Crippen LogP contribution in [0.25, 0.3) is 0 Å². The molecule has 1 amide bonds. The number of esters is 1. The van der Waals surface area contributed by atoms with Crippen LogP contribution in [-0.2, 0) is 24.3 Å². The molecule has 154 valence electrons. The highest BCUT2D eigenvalue weighted by molar-refractivity contribution is 7.89. The van der Waals surface area contributed by atoms with Crippen molar-refractivity contribution >= 4 is 39.2 Å². The van der Waals surface area contributed by atoms with Crippen LogP contribution in [0.1, 0.15) is 32.6 Å². The second kappa shape index (κ2) is 8.00. The fraction of sp³-hybridized carbons (Fsp3) is 0.579. The van der Waals surface area contributed by atoms with Gasteiger partial charge in [0.25, 0.3) is 5.91 Å². The number of nitrogens with one attached hydrogen (secondary N) is 1. The van der Waals surface area contributed by atoms with Crippen LogP contribution < -0.4 is 5.32 Å². The number of carbonyl (C=O) groups is 2. The number of nitrogens with zero attached hydrogens (tertiary/aromatic N) is 1. The number of carbonyl (C=O) groups excluding carboxylic acids is 2. The predicted octanol–water partition coefficient (Wildman–Crippen LogP) is 2.90. The SMILES string of the molecule is C[C@H](OC(=O)[C@H]1C[C@H]2CC[C@H]1C2)C(=O)Nc1ccc(Cl)c(S(=O)(=O)N(C)C)c1. The Bertz CT molecular complexity index is 886. The first-order chi connectivity index (χ1) is 13.1. The third-order valence-corrected chi connectivity index (χ3v) is 7.96. The maximum absolute atomic E-state index is 12.4. The lowest BCUT2D eigenvalue weighted by atomic mass is 9.89. The molecule has 9 heteroatoms. The smallest absolute Gasteiger partial charge is 0.309 e. The lowest BCUT2D eigenvalue weighted by Gasteiger charge is -2.22. The van der Waals surface area contributed by atoms with Crippen molar-refractivity contribution in [3.63, 3.8) is 0 Å². The molecule has 2 aliphatic rings. The average molecular weight is 429 g/mol. The Balaban J connectivity index is 1.65. The average Bonchev–Trinajstić information content (AvgIpc) is 3.26. The number of rotatable bonds is 6. The zero-order chi connectivity index (χ0) is 20.6. The molecule has 4 atom stereocenters. The van der Waals surface area contributed by atoms with Gasteiger partial charge in [-0.25, -0.2) is 12.7 Å². The minimum absolute atomic E-state index is 0.0578. The number of fused-ring (bicyclic) bond motifs is 2. The van der Waals surface area contributed by atoms with Crippen LogP contribution in [-0.4, -0.2) is 44.8 Å². The van der Waals surface area contributed by atoms with E-state index < -0.39 is 22.0 Å². The summed E-state index contributed by atoms with van der Waals surface area (Å²) in [6.07, 6.45) is 3.18.